The highest BCUT2D eigenvalue weighted by molar-refractivity contribution is 5.95. The molecule has 8 atom stereocenters. The molecule has 1 heterocycles. The molecule has 3 unspecified atom stereocenters. The Morgan fingerprint density at radius 2 is 1.68 bits per heavy atom. The molecule has 1 aromatic heterocycles. The molecule has 5 aliphatic rings. The van der Waals surface area contributed by atoms with E-state index in [1.54, 1.807) is 6.92 Å². The minimum absolute atomic E-state index is 0.00772. The molecule has 2 N–H and O–H groups in total. The van der Waals surface area contributed by atoms with Crippen LogP contribution in [0.2, 0.25) is 0 Å². The maximum atomic E-state index is 13.9. The van der Waals surface area contributed by atoms with Crippen LogP contribution in [-0.4, -0.2) is 50.6 Å². The number of carboxylic acid groups (broad SMARTS) is 1. The summed E-state index contributed by atoms with van der Waals surface area (Å²) in [6.45, 7) is 21.5. The van der Waals surface area contributed by atoms with Gasteiger partial charge in [0.15, 0.2) is 0 Å². The van der Waals surface area contributed by atoms with Crippen molar-refractivity contribution in [2.24, 2.45) is 50.7 Å². The van der Waals surface area contributed by atoms with Crippen molar-refractivity contribution >= 4 is 23.6 Å². The summed E-state index contributed by atoms with van der Waals surface area (Å²) in [5.74, 6) is -0.464. The van der Waals surface area contributed by atoms with E-state index >= 15 is 0 Å². The zero-order valence-electron chi connectivity index (χ0n) is 32.0. The molecule has 276 valence electrons. The van der Waals surface area contributed by atoms with Gasteiger partial charge in [0.25, 0.3) is 0 Å². The van der Waals surface area contributed by atoms with E-state index in [1.165, 1.54) is 5.57 Å². The Kier molecular flexibility index (Phi) is 8.82. The Hall–Kier alpha value is -3.04. The van der Waals surface area contributed by atoms with Gasteiger partial charge in [-0.15, -0.1) is 10.2 Å². The predicted molar refractivity (Wildman–Crippen MR) is 187 cm³/mol. The lowest BCUT2D eigenvalue weighted by Gasteiger charge is -2.70. The van der Waals surface area contributed by atoms with E-state index < -0.39 is 22.8 Å². The fourth-order valence-electron chi connectivity index (χ4n) is 12.6. The van der Waals surface area contributed by atoms with E-state index in [4.69, 9.17) is 9.15 Å². The van der Waals surface area contributed by atoms with Crippen LogP contribution < -0.4 is 5.32 Å². The van der Waals surface area contributed by atoms with E-state index in [0.29, 0.717) is 30.6 Å². The topological polar surface area (TPSA) is 149 Å². The second-order valence-corrected chi connectivity index (χ2v) is 19.1. The number of carbonyl (C=O) groups is 4. The quantitative estimate of drug-likeness (QED) is 0.207. The molecule has 1 aromatic rings. The first-order valence-corrected chi connectivity index (χ1v) is 18.9. The summed E-state index contributed by atoms with van der Waals surface area (Å²) in [4.78, 5) is 52.0. The molecule has 6 rings (SSSR count). The standard InChI is InChI=1S/C40H59N3O7/c1-22(2)31-25(44)19-40(41-33(48)34-43-42-23(3)49-34)18-17-38(9)24(32(31)40)11-12-27-37(8)15-14-28(36(6,7)26(37)13-16-39(27,38)10)50-30(47)21-35(4,5)20-29(45)46/h22,26-28,31H,11-21H2,1-10H3,(H,41,48)(H,45,46)/t26?,27?,28-,31?,37-,38+,39+,40+/m0/s1. The first-order valence-electron chi connectivity index (χ1n) is 18.9. The van der Waals surface area contributed by atoms with Gasteiger partial charge in [0.2, 0.25) is 5.89 Å². The predicted octanol–water partition coefficient (Wildman–Crippen LogP) is 7.64. The molecule has 0 bridgehead atoms. The number of carboxylic acids is 1. The summed E-state index contributed by atoms with van der Waals surface area (Å²) in [7, 11) is 0. The third kappa shape index (κ3) is 5.56. The second-order valence-electron chi connectivity index (χ2n) is 19.1. The molecule has 0 radical (unpaired) electrons. The number of nitrogens with zero attached hydrogens (tertiary/aromatic N) is 2. The number of ether oxygens (including phenoxy) is 1. The van der Waals surface area contributed by atoms with Crippen molar-refractivity contribution in [1.82, 2.24) is 15.5 Å². The summed E-state index contributed by atoms with van der Waals surface area (Å²) in [6.07, 6.45) is 7.42. The highest BCUT2D eigenvalue weighted by atomic mass is 16.5. The maximum absolute atomic E-state index is 13.9. The molecular formula is C40H59N3O7. The summed E-state index contributed by atoms with van der Waals surface area (Å²) in [5, 5.41) is 20.5. The van der Waals surface area contributed by atoms with Crippen molar-refractivity contribution in [3.05, 3.63) is 22.9 Å². The molecule has 0 saturated heterocycles. The number of Topliss-reactive ketones (excluding diaryl/α,β-unsaturated/α-hetero) is 1. The first-order chi connectivity index (χ1) is 23.1. The van der Waals surface area contributed by atoms with Crippen LogP contribution in [0, 0.1) is 57.7 Å². The monoisotopic (exact) mass is 693 g/mol. The van der Waals surface area contributed by atoms with Gasteiger partial charge in [-0.3, -0.25) is 19.2 Å². The number of nitrogens with one attached hydrogen (secondary N) is 1. The van der Waals surface area contributed by atoms with Crippen molar-refractivity contribution < 1.29 is 33.4 Å². The number of hydrogen-bond acceptors (Lipinski definition) is 8. The minimum Gasteiger partial charge on any atom is -0.481 e. The number of aromatic nitrogens is 2. The van der Waals surface area contributed by atoms with E-state index in [2.05, 4.69) is 64.0 Å². The summed E-state index contributed by atoms with van der Waals surface area (Å²) >= 11 is 0. The second kappa shape index (κ2) is 12.0. The van der Waals surface area contributed by atoms with Gasteiger partial charge in [-0.1, -0.05) is 67.9 Å². The number of carbonyl (C=O) groups excluding carboxylic acids is 3. The van der Waals surface area contributed by atoms with E-state index in [1.807, 2.05) is 13.8 Å². The van der Waals surface area contributed by atoms with Gasteiger partial charge in [0.1, 0.15) is 11.9 Å². The van der Waals surface area contributed by atoms with Crippen LogP contribution >= 0.6 is 0 Å². The van der Waals surface area contributed by atoms with Crippen molar-refractivity contribution in [3.8, 4) is 0 Å². The molecule has 0 aliphatic heterocycles. The Balaban J connectivity index is 1.31. The van der Waals surface area contributed by atoms with Crippen molar-refractivity contribution in [3.63, 3.8) is 0 Å². The fourth-order valence-corrected chi connectivity index (χ4v) is 12.6. The van der Waals surface area contributed by atoms with Gasteiger partial charge in [-0.05, 0) is 96.4 Å². The Labute approximate surface area is 297 Å². The Morgan fingerprint density at radius 3 is 2.30 bits per heavy atom. The van der Waals surface area contributed by atoms with Gasteiger partial charge in [0.05, 0.1) is 18.4 Å². The van der Waals surface area contributed by atoms with Crippen LogP contribution in [0.4, 0.5) is 0 Å². The molecule has 5 aliphatic carbocycles. The number of fused-ring (bicyclic) bond motifs is 6. The minimum atomic E-state index is -0.909. The average Bonchev–Trinajstić information content (AvgIpc) is 3.54. The van der Waals surface area contributed by atoms with Crippen molar-refractivity contribution in [1.29, 1.82) is 0 Å². The summed E-state index contributed by atoms with van der Waals surface area (Å²) < 4.78 is 11.7. The third-order valence-electron chi connectivity index (χ3n) is 14.9. The van der Waals surface area contributed by atoms with Crippen LogP contribution in [0.25, 0.3) is 0 Å². The molecule has 0 spiro atoms. The lowest BCUT2D eigenvalue weighted by molar-refractivity contribution is -0.214. The normalized spacial score (nSPS) is 37.8. The number of ketones is 1. The van der Waals surface area contributed by atoms with Gasteiger partial charge < -0.3 is 19.6 Å². The van der Waals surface area contributed by atoms with E-state index in [0.717, 1.165) is 50.5 Å². The number of esters is 1. The third-order valence-corrected chi connectivity index (χ3v) is 14.9. The molecule has 1 amide bonds. The SMILES string of the molecule is Cc1nnc(C(=O)N[C@@]23CC[C@]4(C)C(=C2C(C(C)C)C(=O)C3)CCC2[C@@]3(C)CC[C@H](OC(=O)CC(C)(C)CC(=O)O)C(C)(C)C3CC[C@]24C)o1. The van der Waals surface area contributed by atoms with Gasteiger partial charge in [-0.25, -0.2) is 0 Å². The van der Waals surface area contributed by atoms with Gasteiger partial charge >= 0.3 is 23.7 Å². The van der Waals surface area contributed by atoms with Crippen molar-refractivity contribution in [2.75, 3.05) is 0 Å². The smallest absolute Gasteiger partial charge is 0.309 e. The van der Waals surface area contributed by atoms with Gasteiger partial charge in [-0.2, -0.15) is 0 Å². The molecule has 10 nitrogen and oxygen atoms in total. The Bertz CT molecular complexity index is 1620. The van der Waals surface area contributed by atoms with Crippen LogP contribution in [0.15, 0.2) is 15.6 Å². The molecule has 0 aromatic carbocycles. The number of allylic oxidation sites excluding steroid dienone is 1. The summed E-state index contributed by atoms with van der Waals surface area (Å²) in [6, 6.07) is 0. The number of hydrogen-bond donors (Lipinski definition) is 2. The first kappa shape index (κ1) is 36.7. The van der Waals surface area contributed by atoms with Crippen LogP contribution in [0.1, 0.15) is 150 Å². The fraction of sp³-hybridized carbons (Fsp3) is 0.800. The highest BCUT2D eigenvalue weighted by Gasteiger charge is 2.69. The molecule has 10 heteroatoms. The molecule has 50 heavy (non-hydrogen) atoms. The lowest BCUT2D eigenvalue weighted by atomic mass is 9.34. The van der Waals surface area contributed by atoms with Crippen LogP contribution in [0.5, 0.6) is 0 Å². The van der Waals surface area contributed by atoms with Crippen molar-refractivity contribution in [2.45, 2.75) is 152 Å². The Morgan fingerprint density at radius 1 is 0.980 bits per heavy atom. The van der Waals surface area contributed by atoms with Crippen LogP contribution in [-0.2, 0) is 19.1 Å². The zero-order chi connectivity index (χ0) is 36.8. The summed E-state index contributed by atoms with van der Waals surface area (Å²) in [5.41, 5.74) is 0.807. The van der Waals surface area contributed by atoms with Crippen LogP contribution in [0.3, 0.4) is 0 Å². The highest BCUT2D eigenvalue weighted by Crippen LogP contribution is 2.75. The number of aryl methyl sites for hydroxylation is 1. The zero-order valence-corrected chi connectivity index (χ0v) is 32.0. The lowest BCUT2D eigenvalue weighted by Crippen LogP contribution is -2.65. The maximum Gasteiger partial charge on any atom is 0.309 e. The molecule has 4 fully saturated rings. The average molecular weight is 694 g/mol. The number of amides is 1. The number of aliphatic carboxylic acids is 1. The molecular weight excluding hydrogens is 634 g/mol. The number of rotatable bonds is 8. The van der Waals surface area contributed by atoms with E-state index in [-0.39, 0.29) is 70.1 Å². The van der Waals surface area contributed by atoms with Gasteiger partial charge in [0, 0.05) is 24.7 Å². The molecule has 4 saturated carbocycles. The van der Waals surface area contributed by atoms with E-state index in [9.17, 15) is 24.3 Å². The largest absolute Gasteiger partial charge is 0.481 e.